The van der Waals surface area contributed by atoms with Crippen molar-refractivity contribution < 1.29 is 24.6 Å². The maximum atomic E-state index is 11.2. The molecule has 1 amide bonds. The fourth-order valence-corrected chi connectivity index (χ4v) is 0.941. The first-order chi connectivity index (χ1) is 7.84. The molecule has 7 nitrogen and oxygen atoms in total. The predicted octanol–water partition coefficient (Wildman–Crippen LogP) is -0.676. The van der Waals surface area contributed by atoms with Gasteiger partial charge in [-0.15, -0.1) is 0 Å². The molecule has 0 aliphatic carbocycles. The van der Waals surface area contributed by atoms with E-state index in [2.05, 4.69) is 5.32 Å². The smallest absolute Gasteiger partial charge is 0.326 e. The van der Waals surface area contributed by atoms with Gasteiger partial charge < -0.3 is 21.3 Å². The SMILES string of the molecule is C[C@H](N)C(=O)NC(C/C=C/CC(=O)O)C(=O)O. The van der Waals surface area contributed by atoms with Crippen LogP contribution in [-0.2, 0) is 14.4 Å². The summed E-state index contributed by atoms with van der Waals surface area (Å²) >= 11 is 0. The first-order valence-electron chi connectivity index (χ1n) is 5.00. The van der Waals surface area contributed by atoms with E-state index in [-0.39, 0.29) is 12.8 Å². The highest BCUT2D eigenvalue weighted by Gasteiger charge is 2.19. The molecule has 0 aromatic carbocycles. The van der Waals surface area contributed by atoms with E-state index in [0.717, 1.165) is 0 Å². The third kappa shape index (κ3) is 7.07. The Morgan fingerprint density at radius 3 is 2.29 bits per heavy atom. The number of hydrogen-bond acceptors (Lipinski definition) is 4. The molecule has 0 rings (SSSR count). The average Bonchev–Trinajstić information content (AvgIpc) is 2.21. The van der Waals surface area contributed by atoms with Gasteiger partial charge in [-0.2, -0.15) is 0 Å². The lowest BCUT2D eigenvalue weighted by atomic mass is 10.1. The van der Waals surface area contributed by atoms with Gasteiger partial charge in [0, 0.05) is 0 Å². The van der Waals surface area contributed by atoms with Crippen LogP contribution in [0.3, 0.4) is 0 Å². The molecule has 5 N–H and O–H groups in total. The van der Waals surface area contributed by atoms with Crippen molar-refractivity contribution in [1.82, 2.24) is 5.32 Å². The van der Waals surface area contributed by atoms with Gasteiger partial charge in [-0.1, -0.05) is 12.2 Å². The van der Waals surface area contributed by atoms with E-state index in [1.807, 2.05) is 0 Å². The number of carboxylic acid groups (broad SMARTS) is 2. The van der Waals surface area contributed by atoms with E-state index in [1.54, 1.807) is 0 Å². The van der Waals surface area contributed by atoms with Crippen LogP contribution in [0.4, 0.5) is 0 Å². The normalized spacial score (nSPS) is 14.2. The van der Waals surface area contributed by atoms with Gasteiger partial charge >= 0.3 is 11.9 Å². The summed E-state index contributed by atoms with van der Waals surface area (Å²) in [6, 6.07) is -1.89. The molecule has 0 fully saturated rings. The lowest BCUT2D eigenvalue weighted by Gasteiger charge is -2.14. The topological polar surface area (TPSA) is 130 Å². The number of rotatable bonds is 7. The molecule has 17 heavy (non-hydrogen) atoms. The number of aliphatic carboxylic acids is 2. The van der Waals surface area contributed by atoms with Gasteiger partial charge in [0.05, 0.1) is 12.5 Å². The van der Waals surface area contributed by atoms with Crippen LogP contribution in [0.25, 0.3) is 0 Å². The molecule has 0 saturated carbocycles. The summed E-state index contributed by atoms with van der Waals surface area (Å²) in [5.74, 6) is -2.77. The molecule has 0 saturated heterocycles. The summed E-state index contributed by atoms with van der Waals surface area (Å²) in [7, 11) is 0. The number of carboxylic acids is 2. The molecule has 0 spiro atoms. The van der Waals surface area contributed by atoms with Crippen LogP contribution in [0, 0.1) is 0 Å². The Bertz CT molecular complexity index is 325. The van der Waals surface area contributed by atoms with Crippen molar-refractivity contribution in [2.75, 3.05) is 0 Å². The minimum absolute atomic E-state index is 0.0150. The van der Waals surface area contributed by atoms with Crippen molar-refractivity contribution in [3.63, 3.8) is 0 Å². The molecule has 0 bridgehead atoms. The van der Waals surface area contributed by atoms with Crippen molar-refractivity contribution in [3.8, 4) is 0 Å². The third-order valence-electron chi connectivity index (χ3n) is 1.86. The van der Waals surface area contributed by atoms with Gasteiger partial charge in [-0.3, -0.25) is 9.59 Å². The summed E-state index contributed by atoms with van der Waals surface area (Å²) in [5.41, 5.74) is 5.28. The van der Waals surface area contributed by atoms with E-state index in [4.69, 9.17) is 15.9 Å². The van der Waals surface area contributed by atoms with Crippen LogP contribution in [0.1, 0.15) is 19.8 Å². The second kappa shape index (κ2) is 7.39. The molecule has 0 aliphatic rings. The van der Waals surface area contributed by atoms with Crippen LogP contribution >= 0.6 is 0 Å². The lowest BCUT2D eigenvalue weighted by molar-refractivity contribution is -0.141. The number of amides is 1. The van der Waals surface area contributed by atoms with Gasteiger partial charge in [0.25, 0.3) is 0 Å². The Kier molecular flexibility index (Phi) is 6.57. The number of nitrogens with one attached hydrogen (secondary N) is 1. The van der Waals surface area contributed by atoms with Crippen molar-refractivity contribution in [3.05, 3.63) is 12.2 Å². The Labute approximate surface area is 98.3 Å². The summed E-state index contributed by atoms with van der Waals surface area (Å²) in [4.78, 5) is 32.2. The molecule has 0 aliphatic heterocycles. The zero-order chi connectivity index (χ0) is 13.4. The van der Waals surface area contributed by atoms with Crippen molar-refractivity contribution in [2.24, 2.45) is 5.73 Å². The van der Waals surface area contributed by atoms with Crippen LogP contribution in [0.15, 0.2) is 12.2 Å². The Morgan fingerprint density at radius 2 is 1.88 bits per heavy atom. The first kappa shape index (κ1) is 15.1. The number of carbonyl (C=O) groups excluding carboxylic acids is 1. The lowest BCUT2D eigenvalue weighted by Crippen LogP contribution is -2.47. The maximum Gasteiger partial charge on any atom is 0.326 e. The Balaban J connectivity index is 4.26. The van der Waals surface area contributed by atoms with Gasteiger partial charge in [0.1, 0.15) is 6.04 Å². The van der Waals surface area contributed by atoms with Crippen molar-refractivity contribution >= 4 is 17.8 Å². The van der Waals surface area contributed by atoms with Crippen LogP contribution < -0.4 is 11.1 Å². The maximum absolute atomic E-state index is 11.2. The molecule has 0 aromatic heterocycles. The monoisotopic (exact) mass is 244 g/mol. The minimum atomic E-state index is -1.20. The Hall–Kier alpha value is -1.89. The van der Waals surface area contributed by atoms with Gasteiger partial charge in [-0.25, -0.2) is 4.79 Å². The summed E-state index contributed by atoms with van der Waals surface area (Å²) in [6.07, 6.45) is 2.55. The summed E-state index contributed by atoms with van der Waals surface area (Å²) in [6.45, 7) is 1.44. The van der Waals surface area contributed by atoms with E-state index < -0.39 is 29.9 Å². The van der Waals surface area contributed by atoms with Gasteiger partial charge in [0.2, 0.25) is 5.91 Å². The molecule has 2 atom stereocenters. The Morgan fingerprint density at radius 1 is 1.29 bits per heavy atom. The highest BCUT2D eigenvalue weighted by Crippen LogP contribution is 1.97. The standard InChI is InChI=1S/C10H16N2O5/c1-6(11)9(15)12-7(10(16)17)4-2-3-5-8(13)14/h2-3,6-7H,4-5,11H2,1H3,(H,12,15)(H,13,14)(H,16,17)/b3-2+/t6-,7?/m0/s1. The van der Waals surface area contributed by atoms with Crippen LogP contribution in [-0.4, -0.2) is 40.1 Å². The molecule has 96 valence electrons. The van der Waals surface area contributed by atoms with Crippen molar-refractivity contribution in [2.45, 2.75) is 31.8 Å². The number of nitrogens with two attached hydrogens (primary N) is 1. The summed E-state index contributed by atoms with van der Waals surface area (Å²) < 4.78 is 0. The van der Waals surface area contributed by atoms with Gasteiger partial charge in [-0.05, 0) is 13.3 Å². The zero-order valence-corrected chi connectivity index (χ0v) is 9.42. The molecule has 0 radical (unpaired) electrons. The molecule has 7 heteroatoms. The first-order valence-corrected chi connectivity index (χ1v) is 5.00. The third-order valence-corrected chi connectivity index (χ3v) is 1.86. The highest BCUT2D eigenvalue weighted by atomic mass is 16.4. The van der Waals surface area contributed by atoms with Crippen molar-refractivity contribution in [1.29, 1.82) is 0 Å². The fraction of sp³-hybridized carbons (Fsp3) is 0.500. The molecule has 1 unspecified atom stereocenters. The summed E-state index contributed by atoms with van der Waals surface area (Å²) in [5, 5.41) is 19.4. The molecular formula is C10H16N2O5. The molecule has 0 heterocycles. The zero-order valence-electron chi connectivity index (χ0n) is 9.42. The highest BCUT2D eigenvalue weighted by molar-refractivity contribution is 5.86. The largest absolute Gasteiger partial charge is 0.481 e. The fourth-order valence-electron chi connectivity index (χ4n) is 0.941. The van der Waals surface area contributed by atoms with E-state index in [9.17, 15) is 14.4 Å². The second-order valence-electron chi connectivity index (χ2n) is 3.49. The van der Waals surface area contributed by atoms with E-state index in [1.165, 1.54) is 19.1 Å². The van der Waals surface area contributed by atoms with Gasteiger partial charge in [0.15, 0.2) is 0 Å². The number of carbonyl (C=O) groups is 3. The minimum Gasteiger partial charge on any atom is -0.481 e. The van der Waals surface area contributed by atoms with Crippen LogP contribution in [0.2, 0.25) is 0 Å². The quantitative estimate of drug-likeness (QED) is 0.439. The number of hydrogen-bond donors (Lipinski definition) is 4. The predicted molar refractivity (Wildman–Crippen MR) is 59.2 cm³/mol. The molecular weight excluding hydrogens is 228 g/mol. The van der Waals surface area contributed by atoms with E-state index >= 15 is 0 Å². The van der Waals surface area contributed by atoms with E-state index in [0.29, 0.717) is 0 Å². The van der Waals surface area contributed by atoms with Crippen LogP contribution in [0.5, 0.6) is 0 Å². The molecule has 0 aromatic rings. The second-order valence-corrected chi connectivity index (χ2v) is 3.49. The average molecular weight is 244 g/mol.